The number of hydrogen-bond donors (Lipinski definition) is 1. The molecule has 0 aliphatic carbocycles. The fourth-order valence-corrected chi connectivity index (χ4v) is 3.00. The number of nitrogens with zero attached hydrogens (tertiary/aromatic N) is 1. The predicted octanol–water partition coefficient (Wildman–Crippen LogP) is 5.42. The lowest BCUT2D eigenvalue weighted by molar-refractivity contribution is 0.269. The Balaban J connectivity index is 0.00000280. The molecule has 1 N–H and O–H groups in total. The lowest BCUT2D eigenvalue weighted by atomic mass is 10.2. The van der Waals surface area contributed by atoms with Crippen molar-refractivity contribution in [3.63, 3.8) is 0 Å². The molecule has 0 fully saturated rings. The summed E-state index contributed by atoms with van der Waals surface area (Å²) in [4.78, 5) is 4.12. The van der Waals surface area contributed by atoms with Gasteiger partial charge in [-0.25, -0.2) is 0 Å². The zero-order valence-corrected chi connectivity index (χ0v) is 17.3. The molecule has 0 radical (unpaired) electrons. The van der Waals surface area contributed by atoms with Crippen LogP contribution in [0.4, 0.5) is 0 Å². The van der Waals surface area contributed by atoms with E-state index in [-0.39, 0.29) is 12.4 Å². The van der Waals surface area contributed by atoms with Crippen LogP contribution < -0.4 is 14.8 Å². The summed E-state index contributed by atoms with van der Waals surface area (Å²) in [5.74, 6) is 1.25. The van der Waals surface area contributed by atoms with Crippen molar-refractivity contribution < 1.29 is 9.47 Å². The van der Waals surface area contributed by atoms with Crippen molar-refractivity contribution >= 4 is 24.0 Å². The van der Waals surface area contributed by atoms with Crippen LogP contribution in [0.2, 0.25) is 5.02 Å². The number of rotatable bonds is 9. The number of benzene rings is 2. The second kappa shape index (κ2) is 11.5. The first-order valence-corrected chi connectivity index (χ1v) is 9.35. The Hall–Kier alpha value is -2.27. The molecule has 3 rings (SSSR count). The molecule has 1 aromatic heterocycles. The van der Waals surface area contributed by atoms with E-state index >= 15 is 0 Å². The Kier molecular flexibility index (Phi) is 9.08. The Labute approximate surface area is 177 Å². The van der Waals surface area contributed by atoms with Gasteiger partial charge in [0.1, 0.15) is 6.61 Å². The predicted molar refractivity (Wildman–Crippen MR) is 115 cm³/mol. The van der Waals surface area contributed by atoms with Gasteiger partial charge in [0.05, 0.1) is 11.6 Å². The summed E-state index contributed by atoms with van der Waals surface area (Å²) in [6, 6.07) is 17.9. The van der Waals surface area contributed by atoms with E-state index in [0.717, 1.165) is 23.2 Å². The molecule has 1 heterocycles. The van der Waals surface area contributed by atoms with Crippen LogP contribution in [0.1, 0.15) is 23.6 Å². The monoisotopic (exact) mass is 418 g/mol. The molecule has 0 spiro atoms. The van der Waals surface area contributed by atoms with Crippen LogP contribution in [0.15, 0.2) is 67.0 Å². The van der Waals surface area contributed by atoms with Crippen LogP contribution in [0.5, 0.6) is 11.5 Å². The molecule has 2 aromatic carbocycles. The quantitative estimate of drug-likeness (QED) is 0.503. The van der Waals surface area contributed by atoms with Crippen LogP contribution in [0.25, 0.3) is 0 Å². The van der Waals surface area contributed by atoms with Gasteiger partial charge in [-0.3, -0.25) is 4.98 Å². The third-order valence-corrected chi connectivity index (χ3v) is 4.26. The van der Waals surface area contributed by atoms with E-state index in [4.69, 9.17) is 21.1 Å². The maximum absolute atomic E-state index is 6.49. The van der Waals surface area contributed by atoms with Crippen LogP contribution in [-0.2, 0) is 19.7 Å². The second-order valence-electron chi connectivity index (χ2n) is 6.08. The number of hydrogen-bond acceptors (Lipinski definition) is 4. The van der Waals surface area contributed by atoms with Gasteiger partial charge in [-0.1, -0.05) is 48.0 Å². The van der Waals surface area contributed by atoms with Gasteiger partial charge < -0.3 is 14.8 Å². The molecule has 6 heteroatoms. The molecular weight excluding hydrogens is 395 g/mol. The standard InChI is InChI=1S/C22H23ClN2O2.ClH/c1-2-26-21-12-19(15-25-14-18-9-6-10-24-13-18)11-20(23)22(21)27-16-17-7-4-3-5-8-17;/h3-13,25H,2,14-16H2,1H3;1H. The van der Waals surface area contributed by atoms with Gasteiger partial charge in [0.15, 0.2) is 11.5 Å². The molecule has 0 unspecified atom stereocenters. The van der Waals surface area contributed by atoms with E-state index in [0.29, 0.717) is 36.3 Å². The Morgan fingerprint density at radius 1 is 0.929 bits per heavy atom. The molecule has 0 aliphatic heterocycles. The Morgan fingerprint density at radius 3 is 2.39 bits per heavy atom. The molecule has 0 aliphatic rings. The highest BCUT2D eigenvalue weighted by Crippen LogP contribution is 2.37. The average Bonchev–Trinajstić information content (AvgIpc) is 2.69. The third kappa shape index (κ3) is 6.41. The fraction of sp³-hybridized carbons (Fsp3) is 0.227. The van der Waals surface area contributed by atoms with Gasteiger partial charge in [-0.2, -0.15) is 0 Å². The van der Waals surface area contributed by atoms with E-state index in [1.807, 2.05) is 67.7 Å². The summed E-state index contributed by atoms with van der Waals surface area (Å²) in [6.45, 7) is 4.35. The smallest absolute Gasteiger partial charge is 0.180 e. The number of ether oxygens (including phenoxy) is 2. The van der Waals surface area contributed by atoms with Crippen LogP contribution >= 0.6 is 24.0 Å². The zero-order valence-electron chi connectivity index (χ0n) is 15.7. The van der Waals surface area contributed by atoms with E-state index in [9.17, 15) is 0 Å². The van der Waals surface area contributed by atoms with E-state index < -0.39 is 0 Å². The Morgan fingerprint density at radius 2 is 1.68 bits per heavy atom. The van der Waals surface area contributed by atoms with E-state index in [1.54, 1.807) is 6.20 Å². The third-order valence-electron chi connectivity index (χ3n) is 3.98. The highest BCUT2D eigenvalue weighted by atomic mass is 35.5. The van der Waals surface area contributed by atoms with Gasteiger partial charge in [0.25, 0.3) is 0 Å². The first-order chi connectivity index (χ1) is 13.3. The summed E-state index contributed by atoms with van der Waals surface area (Å²) in [6.07, 6.45) is 3.62. The lowest BCUT2D eigenvalue weighted by Gasteiger charge is -2.16. The normalized spacial score (nSPS) is 10.2. The SMILES string of the molecule is CCOc1cc(CNCc2cccnc2)cc(Cl)c1OCc1ccccc1.Cl. The van der Waals surface area contributed by atoms with Crippen LogP contribution in [-0.4, -0.2) is 11.6 Å². The fourth-order valence-electron chi connectivity index (χ4n) is 2.71. The van der Waals surface area contributed by atoms with Gasteiger partial charge in [-0.15, -0.1) is 12.4 Å². The minimum atomic E-state index is 0. The zero-order chi connectivity index (χ0) is 18.9. The maximum Gasteiger partial charge on any atom is 0.180 e. The highest BCUT2D eigenvalue weighted by molar-refractivity contribution is 6.32. The molecular formula is C22H24Cl2N2O2. The first-order valence-electron chi connectivity index (χ1n) is 8.98. The molecule has 0 amide bonds. The largest absolute Gasteiger partial charge is 0.490 e. The molecule has 0 atom stereocenters. The molecule has 3 aromatic rings. The number of pyridine rings is 1. The van der Waals surface area contributed by atoms with Crippen molar-refractivity contribution in [3.05, 3.63) is 88.7 Å². The van der Waals surface area contributed by atoms with Crippen molar-refractivity contribution in [2.75, 3.05) is 6.61 Å². The van der Waals surface area contributed by atoms with E-state index in [2.05, 4.69) is 10.3 Å². The minimum absolute atomic E-state index is 0. The summed E-state index contributed by atoms with van der Waals surface area (Å²) in [5.41, 5.74) is 3.26. The molecule has 0 saturated carbocycles. The number of aromatic nitrogens is 1. The van der Waals surface area contributed by atoms with Crippen molar-refractivity contribution in [2.45, 2.75) is 26.6 Å². The first kappa shape index (κ1) is 22.0. The second-order valence-corrected chi connectivity index (χ2v) is 6.48. The van der Waals surface area contributed by atoms with Gasteiger partial charge in [0, 0.05) is 25.5 Å². The van der Waals surface area contributed by atoms with Crippen LogP contribution in [0.3, 0.4) is 0 Å². The molecule has 148 valence electrons. The molecule has 4 nitrogen and oxygen atoms in total. The lowest BCUT2D eigenvalue weighted by Crippen LogP contribution is -2.13. The molecule has 28 heavy (non-hydrogen) atoms. The van der Waals surface area contributed by atoms with Crippen molar-refractivity contribution in [3.8, 4) is 11.5 Å². The summed E-state index contributed by atoms with van der Waals surface area (Å²) in [7, 11) is 0. The topological polar surface area (TPSA) is 43.4 Å². The molecule has 0 bridgehead atoms. The van der Waals surface area contributed by atoms with Crippen molar-refractivity contribution in [1.82, 2.24) is 10.3 Å². The number of halogens is 2. The summed E-state index contributed by atoms with van der Waals surface area (Å²) < 4.78 is 11.7. The Bertz CT molecular complexity index is 846. The van der Waals surface area contributed by atoms with Gasteiger partial charge >= 0.3 is 0 Å². The van der Waals surface area contributed by atoms with Crippen LogP contribution in [0, 0.1) is 0 Å². The maximum atomic E-state index is 6.49. The van der Waals surface area contributed by atoms with Gasteiger partial charge in [0.2, 0.25) is 0 Å². The molecule has 0 saturated heterocycles. The minimum Gasteiger partial charge on any atom is -0.490 e. The van der Waals surface area contributed by atoms with Crippen molar-refractivity contribution in [1.29, 1.82) is 0 Å². The van der Waals surface area contributed by atoms with E-state index in [1.165, 1.54) is 0 Å². The number of nitrogens with one attached hydrogen (secondary N) is 1. The highest BCUT2D eigenvalue weighted by Gasteiger charge is 2.13. The van der Waals surface area contributed by atoms with Crippen molar-refractivity contribution in [2.24, 2.45) is 0 Å². The van der Waals surface area contributed by atoms with Gasteiger partial charge in [-0.05, 0) is 41.8 Å². The average molecular weight is 419 g/mol. The summed E-state index contributed by atoms with van der Waals surface area (Å²) in [5, 5.41) is 3.95. The summed E-state index contributed by atoms with van der Waals surface area (Å²) >= 11 is 6.49.